The number of carbonyl (C=O) groups excluding carboxylic acids is 1. The highest BCUT2D eigenvalue weighted by Gasteiger charge is 2.65. The van der Waals surface area contributed by atoms with Crippen molar-refractivity contribution < 1.29 is 13.2 Å². The highest BCUT2D eigenvalue weighted by molar-refractivity contribution is 7.89. The Labute approximate surface area is 130 Å². The molecule has 2 atom stereocenters. The van der Waals surface area contributed by atoms with Crippen molar-refractivity contribution in [2.75, 3.05) is 5.75 Å². The Morgan fingerprint density at radius 2 is 2.19 bits per heavy atom. The van der Waals surface area contributed by atoms with Crippen molar-refractivity contribution in [1.29, 1.82) is 0 Å². The van der Waals surface area contributed by atoms with E-state index in [-0.39, 0.29) is 17.0 Å². The topological polar surface area (TPSA) is 63.2 Å². The minimum atomic E-state index is -3.46. The zero-order chi connectivity index (χ0) is 15.3. The summed E-state index contributed by atoms with van der Waals surface area (Å²) in [4.78, 5) is 12.4. The smallest absolute Gasteiger partial charge is 0.212 e. The largest absolute Gasteiger partial charge is 0.299 e. The van der Waals surface area contributed by atoms with Crippen LogP contribution in [0, 0.1) is 16.7 Å². The van der Waals surface area contributed by atoms with Crippen LogP contribution in [-0.2, 0) is 21.4 Å². The molecule has 2 fully saturated rings. The first-order valence-electron chi connectivity index (χ1n) is 7.29. The van der Waals surface area contributed by atoms with Gasteiger partial charge < -0.3 is 0 Å². The van der Waals surface area contributed by atoms with Crippen molar-refractivity contribution >= 4 is 27.1 Å². The van der Waals surface area contributed by atoms with E-state index in [4.69, 9.17) is 0 Å². The molecule has 1 heterocycles. The number of hydrogen-bond donors (Lipinski definition) is 1. The van der Waals surface area contributed by atoms with E-state index in [1.165, 1.54) is 0 Å². The summed E-state index contributed by atoms with van der Waals surface area (Å²) in [6.45, 7) is 4.42. The molecule has 3 rings (SSSR count). The van der Waals surface area contributed by atoms with E-state index in [1.54, 1.807) is 11.3 Å². The molecule has 4 nitrogen and oxygen atoms in total. The fraction of sp³-hybridized carbons (Fsp3) is 0.667. The second kappa shape index (κ2) is 4.89. The number of hydrogen-bond acceptors (Lipinski definition) is 4. The molecule has 2 aliphatic carbocycles. The van der Waals surface area contributed by atoms with E-state index in [2.05, 4.69) is 18.6 Å². The molecule has 0 amide bonds. The Hall–Kier alpha value is -0.720. The SMILES string of the molecule is CC1(C)[C@H]2CC[C@]1(CS(=O)(=O)NCc1ccsc1)C(=O)C2. The first-order chi connectivity index (χ1) is 9.77. The molecular weight excluding hydrogens is 306 g/mol. The third kappa shape index (κ3) is 2.37. The van der Waals surface area contributed by atoms with Crippen LogP contribution >= 0.6 is 11.3 Å². The predicted octanol–water partition coefficient (Wildman–Crippen LogP) is 2.56. The van der Waals surface area contributed by atoms with Gasteiger partial charge in [0.05, 0.1) is 5.75 Å². The van der Waals surface area contributed by atoms with E-state index in [0.717, 1.165) is 12.0 Å². The van der Waals surface area contributed by atoms with E-state index < -0.39 is 15.4 Å². The molecule has 2 bridgehead atoms. The Morgan fingerprint density at radius 1 is 1.43 bits per heavy atom. The number of thiophene rings is 1. The van der Waals surface area contributed by atoms with Crippen LogP contribution in [0.4, 0.5) is 0 Å². The van der Waals surface area contributed by atoms with Gasteiger partial charge in [-0.25, -0.2) is 13.1 Å². The summed E-state index contributed by atoms with van der Waals surface area (Å²) in [6, 6.07) is 1.90. The van der Waals surface area contributed by atoms with Crippen LogP contribution in [0.2, 0.25) is 0 Å². The molecule has 6 heteroatoms. The van der Waals surface area contributed by atoms with Gasteiger partial charge in [-0.05, 0) is 46.6 Å². The van der Waals surface area contributed by atoms with Crippen LogP contribution in [0.5, 0.6) is 0 Å². The number of ketones is 1. The summed E-state index contributed by atoms with van der Waals surface area (Å²) >= 11 is 1.54. The van der Waals surface area contributed by atoms with Crippen molar-refractivity contribution in [2.45, 2.75) is 39.7 Å². The normalized spacial score (nSPS) is 31.0. The van der Waals surface area contributed by atoms with Gasteiger partial charge in [-0.2, -0.15) is 11.3 Å². The van der Waals surface area contributed by atoms with Crippen LogP contribution in [0.3, 0.4) is 0 Å². The lowest BCUT2D eigenvalue weighted by molar-refractivity contribution is -0.128. The monoisotopic (exact) mass is 327 g/mol. The van der Waals surface area contributed by atoms with Crippen molar-refractivity contribution in [3.8, 4) is 0 Å². The van der Waals surface area contributed by atoms with Crippen LogP contribution in [0.15, 0.2) is 16.8 Å². The molecule has 116 valence electrons. The Morgan fingerprint density at radius 3 is 2.71 bits per heavy atom. The first kappa shape index (κ1) is 15.2. The number of rotatable bonds is 5. The lowest BCUT2D eigenvalue weighted by atomic mass is 9.70. The zero-order valence-corrected chi connectivity index (χ0v) is 14.0. The quantitative estimate of drug-likeness (QED) is 0.904. The Balaban J connectivity index is 1.77. The molecule has 2 saturated carbocycles. The number of carbonyl (C=O) groups is 1. The maximum atomic E-state index is 12.4. The molecule has 0 aliphatic heterocycles. The van der Waals surface area contributed by atoms with Gasteiger partial charge in [-0.15, -0.1) is 0 Å². The van der Waals surface area contributed by atoms with Crippen molar-refractivity contribution in [3.05, 3.63) is 22.4 Å². The maximum Gasteiger partial charge on any atom is 0.212 e. The third-order valence-corrected chi connectivity index (χ3v) is 7.84. The zero-order valence-electron chi connectivity index (χ0n) is 12.4. The molecule has 1 aromatic heterocycles. The first-order valence-corrected chi connectivity index (χ1v) is 9.88. The van der Waals surface area contributed by atoms with Gasteiger partial charge in [-0.3, -0.25) is 4.79 Å². The van der Waals surface area contributed by atoms with E-state index in [1.807, 2.05) is 16.8 Å². The molecule has 1 aromatic rings. The standard InChI is InChI=1S/C15H21NO3S2/c1-14(2)12-3-5-15(14,13(17)7-12)10-21(18,19)16-8-11-4-6-20-9-11/h4,6,9,12,16H,3,5,7-8,10H2,1-2H3/t12-,15-/m0/s1. The summed E-state index contributed by atoms with van der Waals surface area (Å²) < 4.78 is 27.5. The fourth-order valence-corrected chi connectivity index (χ4v) is 6.55. The molecule has 2 aliphatic rings. The van der Waals surface area contributed by atoms with E-state index in [0.29, 0.717) is 25.3 Å². The number of sulfonamides is 1. The van der Waals surface area contributed by atoms with Gasteiger partial charge >= 0.3 is 0 Å². The van der Waals surface area contributed by atoms with Crippen molar-refractivity contribution in [1.82, 2.24) is 4.72 Å². The van der Waals surface area contributed by atoms with Gasteiger partial charge in [0.2, 0.25) is 10.0 Å². The van der Waals surface area contributed by atoms with Crippen LogP contribution < -0.4 is 4.72 Å². The van der Waals surface area contributed by atoms with Gasteiger partial charge in [0.15, 0.2) is 0 Å². The van der Waals surface area contributed by atoms with E-state index >= 15 is 0 Å². The fourth-order valence-electron chi connectivity index (χ4n) is 4.07. The van der Waals surface area contributed by atoms with Crippen LogP contribution in [-0.4, -0.2) is 20.0 Å². The summed E-state index contributed by atoms with van der Waals surface area (Å²) in [5.74, 6) is 0.425. The lowest BCUT2D eigenvalue weighted by Crippen LogP contribution is -2.45. The van der Waals surface area contributed by atoms with Crippen molar-refractivity contribution in [2.24, 2.45) is 16.7 Å². The number of Topliss-reactive ketones (excluding diaryl/α,β-unsaturated/α-hetero) is 1. The summed E-state index contributed by atoms with van der Waals surface area (Å²) in [5.41, 5.74) is 0.0710. The van der Waals surface area contributed by atoms with Gasteiger partial charge in [0.1, 0.15) is 5.78 Å². The van der Waals surface area contributed by atoms with Gasteiger partial charge in [0, 0.05) is 18.4 Å². The van der Waals surface area contributed by atoms with Gasteiger partial charge in [-0.1, -0.05) is 13.8 Å². The average Bonchev–Trinajstić information content (AvgIpc) is 3.02. The molecule has 0 spiro atoms. The van der Waals surface area contributed by atoms with Gasteiger partial charge in [0.25, 0.3) is 0 Å². The third-order valence-electron chi connectivity index (χ3n) is 5.65. The minimum Gasteiger partial charge on any atom is -0.299 e. The Kier molecular flexibility index (Phi) is 3.54. The second-order valence-corrected chi connectivity index (χ2v) is 9.47. The number of fused-ring (bicyclic) bond motifs is 2. The molecule has 21 heavy (non-hydrogen) atoms. The highest BCUT2D eigenvalue weighted by atomic mass is 32.2. The molecule has 0 aromatic carbocycles. The number of nitrogens with one attached hydrogen (secondary N) is 1. The molecule has 0 unspecified atom stereocenters. The highest BCUT2D eigenvalue weighted by Crippen LogP contribution is 2.64. The average molecular weight is 327 g/mol. The predicted molar refractivity (Wildman–Crippen MR) is 83.5 cm³/mol. The second-order valence-electron chi connectivity index (χ2n) is 6.88. The minimum absolute atomic E-state index is 0.0630. The van der Waals surface area contributed by atoms with Crippen molar-refractivity contribution in [3.63, 3.8) is 0 Å². The Bertz CT molecular complexity index is 648. The summed E-state index contributed by atoms with van der Waals surface area (Å²) in [7, 11) is -3.46. The summed E-state index contributed by atoms with van der Waals surface area (Å²) in [5, 5.41) is 3.85. The molecule has 0 radical (unpaired) electrons. The van der Waals surface area contributed by atoms with Crippen LogP contribution in [0.1, 0.15) is 38.7 Å². The maximum absolute atomic E-state index is 12.4. The van der Waals surface area contributed by atoms with E-state index in [9.17, 15) is 13.2 Å². The lowest BCUT2D eigenvalue weighted by Gasteiger charge is -2.36. The van der Waals surface area contributed by atoms with Crippen LogP contribution in [0.25, 0.3) is 0 Å². The molecule has 0 saturated heterocycles. The molecule has 1 N–H and O–H groups in total. The molecular formula is C15H21NO3S2. The summed E-state index contributed by atoms with van der Waals surface area (Å²) in [6.07, 6.45) is 2.23.